The molecule has 0 radical (unpaired) electrons. The van der Waals surface area contributed by atoms with Crippen LogP contribution < -0.4 is 4.90 Å². The average molecular weight is 736 g/mol. The number of fused-ring (bicyclic) bond motifs is 6. The molecular weight excluding hydrogens is 687 g/mol. The van der Waals surface area contributed by atoms with E-state index in [1.165, 1.54) is 76.8 Å². The van der Waals surface area contributed by atoms with Crippen molar-refractivity contribution in [1.82, 2.24) is 0 Å². The number of nitrogens with zero attached hydrogens (tertiary/aromatic N) is 1. The van der Waals surface area contributed by atoms with Crippen molar-refractivity contribution in [3.8, 4) is 33.4 Å². The van der Waals surface area contributed by atoms with Crippen LogP contribution >= 0.6 is 0 Å². The van der Waals surface area contributed by atoms with Gasteiger partial charge in [0.05, 0.1) is 0 Å². The summed E-state index contributed by atoms with van der Waals surface area (Å²) in [5, 5.41) is 7.53. The van der Waals surface area contributed by atoms with Crippen LogP contribution in [0.1, 0.15) is 52.7 Å². The van der Waals surface area contributed by atoms with E-state index in [1.54, 1.807) is 0 Å². The van der Waals surface area contributed by atoms with Gasteiger partial charge < -0.3 is 4.90 Å². The molecule has 0 heterocycles. The molecule has 0 fully saturated rings. The highest BCUT2D eigenvalue weighted by Gasteiger charge is 2.23. The van der Waals surface area contributed by atoms with Gasteiger partial charge in [0.1, 0.15) is 0 Å². The molecule has 57 heavy (non-hydrogen) atoms. The predicted octanol–water partition coefficient (Wildman–Crippen LogP) is 16.2. The van der Waals surface area contributed by atoms with Gasteiger partial charge >= 0.3 is 0 Å². The Morgan fingerprint density at radius 2 is 0.737 bits per heavy atom. The molecule has 278 valence electrons. The molecule has 9 aromatic rings. The highest BCUT2D eigenvalue weighted by molar-refractivity contribution is 6.33. The van der Waals surface area contributed by atoms with Crippen molar-refractivity contribution in [3.05, 3.63) is 199 Å². The summed E-state index contributed by atoms with van der Waals surface area (Å²) in [5.74, 6) is 0. The van der Waals surface area contributed by atoms with Crippen LogP contribution in [0.2, 0.25) is 0 Å². The predicted molar refractivity (Wildman–Crippen MR) is 247 cm³/mol. The van der Waals surface area contributed by atoms with E-state index in [4.69, 9.17) is 0 Å². The highest BCUT2D eigenvalue weighted by atomic mass is 15.1. The van der Waals surface area contributed by atoms with Crippen molar-refractivity contribution in [3.63, 3.8) is 0 Å². The molecule has 1 heteroatoms. The van der Waals surface area contributed by atoms with Crippen LogP contribution in [-0.4, -0.2) is 0 Å². The molecule has 1 nitrogen and oxygen atoms in total. The molecule has 0 N–H and O–H groups in total. The maximum Gasteiger partial charge on any atom is 0.0468 e. The van der Waals surface area contributed by atoms with Gasteiger partial charge in [-0.15, -0.1) is 0 Å². The zero-order valence-electron chi connectivity index (χ0n) is 33.8. The standard InChI is InChI=1S/C56H49N/c1-55(2,3)41-26-30-43(31-27-41)57(44-32-28-42(29-33-44)56(4,5)6)45-34-35-48-51(36-45)46-24-16-17-25-47(46)54-52(40-22-14-9-15-23-40)49(38-18-10-7-11-19-38)37-50(53(48)54)39-20-12-8-13-21-39/h7-37H,1-6H3. The third-order valence-electron chi connectivity index (χ3n) is 11.6. The summed E-state index contributed by atoms with van der Waals surface area (Å²) in [6.07, 6.45) is 0. The Morgan fingerprint density at radius 1 is 0.316 bits per heavy atom. The van der Waals surface area contributed by atoms with Crippen LogP contribution in [0.5, 0.6) is 0 Å². The molecule has 0 bridgehead atoms. The minimum Gasteiger partial charge on any atom is -0.310 e. The van der Waals surface area contributed by atoms with Crippen LogP contribution in [0, 0.1) is 0 Å². The molecule has 9 aromatic carbocycles. The van der Waals surface area contributed by atoms with E-state index in [2.05, 4.69) is 234 Å². The monoisotopic (exact) mass is 735 g/mol. The summed E-state index contributed by atoms with van der Waals surface area (Å²) >= 11 is 0. The summed E-state index contributed by atoms with van der Waals surface area (Å²) in [4.78, 5) is 2.42. The molecule has 0 saturated heterocycles. The Labute approximate surface area is 337 Å². The summed E-state index contributed by atoms with van der Waals surface area (Å²) in [5.41, 5.74) is 13.5. The van der Waals surface area contributed by atoms with Gasteiger partial charge in [-0.1, -0.05) is 187 Å². The normalized spacial score (nSPS) is 12.0. The van der Waals surface area contributed by atoms with Crippen molar-refractivity contribution in [2.24, 2.45) is 0 Å². The molecule has 0 aliphatic heterocycles. The largest absolute Gasteiger partial charge is 0.310 e. The molecule has 0 aliphatic carbocycles. The molecule has 0 aliphatic rings. The Hall–Kier alpha value is -6.44. The quantitative estimate of drug-likeness (QED) is 0.154. The molecular formula is C56H49N. The van der Waals surface area contributed by atoms with Gasteiger partial charge in [0.25, 0.3) is 0 Å². The van der Waals surface area contributed by atoms with Crippen LogP contribution in [0.15, 0.2) is 188 Å². The maximum absolute atomic E-state index is 2.44. The number of hydrogen-bond acceptors (Lipinski definition) is 1. The zero-order valence-corrected chi connectivity index (χ0v) is 33.8. The van der Waals surface area contributed by atoms with E-state index in [0.717, 1.165) is 17.1 Å². The van der Waals surface area contributed by atoms with E-state index in [-0.39, 0.29) is 10.8 Å². The first-order valence-corrected chi connectivity index (χ1v) is 20.2. The van der Waals surface area contributed by atoms with Gasteiger partial charge in [0.2, 0.25) is 0 Å². The van der Waals surface area contributed by atoms with Gasteiger partial charge in [-0.2, -0.15) is 0 Å². The third kappa shape index (κ3) is 6.68. The summed E-state index contributed by atoms with van der Waals surface area (Å²) in [6.45, 7) is 13.7. The minimum atomic E-state index is 0.0656. The molecule has 0 atom stereocenters. The Morgan fingerprint density at radius 3 is 1.25 bits per heavy atom. The first-order chi connectivity index (χ1) is 27.6. The van der Waals surface area contributed by atoms with Crippen LogP contribution in [0.25, 0.3) is 65.7 Å². The number of hydrogen-bond donors (Lipinski definition) is 0. The van der Waals surface area contributed by atoms with E-state index in [9.17, 15) is 0 Å². The molecule has 0 saturated carbocycles. The van der Waals surface area contributed by atoms with Crippen LogP contribution in [0.4, 0.5) is 17.1 Å². The van der Waals surface area contributed by atoms with Gasteiger partial charge in [0, 0.05) is 17.1 Å². The van der Waals surface area contributed by atoms with Crippen molar-refractivity contribution in [1.29, 1.82) is 0 Å². The first kappa shape index (κ1) is 36.2. The summed E-state index contributed by atoms with van der Waals surface area (Å²) in [6, 6.07) is 69.7. The zero-order chi connectivity index (χ0) is 39.3. The Balaban J connectivity index is 1.38. The molecule has 0 aromatic heterocycles. The summed E-state index contributed by atoms with van der Waals surface area (Å²) < 4.78 is 0. The van der Waals surface area contributed by atoms with E-state index in [1.807, 2.05) is 0 Å². The van der Waals surface area contributed by atoms with E-state index < -0.39 is 0 Å². The molecule has 0 spiro atoms. The fourth-order valence-corrected chi connectivity index (χ4v) is 8.54. The van der Waals surface area contributed by atoms with Crippen molar-refractivity contribution >= 4 is 49.4 Å². The van der Waals surface area contributed by atoms with Crippen molar-refractivity contribution in [2.45, 2.75) is 52.4 Å². The van der Waals surface area contributed by atoms with Crippen LogP contribution in [0.3, 0.4) is 0 Å². The maximum atomic E-state index is 2.44. The average Bonchev–Trinajstić information content (AvgIpc) is 3.24. The van der Waals surface area contributed by atoms with Gasteiger partial charge in [-0.05, 0) is 130 Å². The lowest BCUT2D eigenvalue weighted by atomic mass is 9.81. The van der Waals surface area contributed by atoms with Crippen molar-refractivity contribution in [2.75, 3.05) is 4.90 Å². The lowest BCUT2D eigenvalue weighted by Crippen LogP contribution is -2.14. The van der Waals surface area contributed by atoms with E-state index in [0.29, 0.717) is 0 Å². The molecule has 9 rings (SSSR count). The van der Waals surface area contributed by atoms with Crippen molar-refractivity contribution < 1.29 is 0 Å². The lowest BCUT2D eigenvalue weighted by Gasteiger charge is -2.29. The van der Waals surface area contributed by atoms with Gasteiger partial charge in [0.15, 0.2) is 0 Å². The smallest absolute Gasteiger partial charge is 0.0468 e. The van der Waals surface area contributed by atoms with E-state index >= 15 is 0 Å². The fraction of sp³-hybridized carbons (Fsp3) is 0.143. The summed E-state index contributed by atoms with van der Waals surface area (Å²) in [7, 11) is 0. The number of anilines is 3. The Bertz CT molecular complexity index is 2800. The SMILES string of the molecule is CC(C)(C)c1ccc(N(c2ccc(C(C)(C)C)cc2)c2ccc3c(c2)c2ccccc2c2c(-c4ccccc4)c(-c4ccccc4)cc(-c4ccccc4)c32)cc1. The lowest BCUT2D eigenvalue weighted by molar-refractivity contribution is 0.590. The third-order valence-corrected chi connectivity index (χ3v) is 11.6. The second-order valence-corrected chi connectivity index (χ2v) is 17.4. The highest BCUT2D eigenvalue weighted by Crippen LogP contribution is 2.50. The second-order valence-electron chi connectivity index (χ2n) is 17.4. The second kappa shape index (κ2) is 14.3. The molecule has 0 unspecified atom stereocenters. The number of benzene rings is 9. The van der Waals surface area contributed by atoms with Crippen LogP contribution in [-0.2, 0) is 10.8 Å². The fourth-order valence-electron chi connectivity index (χ4n) is 8.54. The van der Waals surface area contributed by atoms with Gasteiger partial charge in [-0.25, -0.2) is 0 Å². The topological polar surface area (TPSA) is 3.24 Å². The first-order valence-electron chi connectivity index (χ1n) is 20.2. The molecule has 0 amide bonds. The number of rotatable bonds is 6. The minimum absolute atomic E-state index is 0.0656. The van der Waals surface area contributed by atoms with Gasteiger partial charge in [-0.3, -0.25) is 0 Å². The Kier molecular flexibility index (Phi) is 9.05.